The summed E-state index contributed by atoms with van der Waals surface area (Å²) < 4.78 is 1.31. The molecule has 16 heavy (non-hydrogen) atoms. The van der Waals surface area contributed by atoms with E-state index in [1.807, 2.05) is 0 Å². The molecule has 0 radical (unpaired) electrons. The Kier molecular flexibility index (Phi) is 2.44. The molecule has 0 aliphatic heterocycles. The van der Waals surface area contributed by atoms with E-state index >= 15 is 0 Å². The molecule has 0 bridgehead atoms. The summed E-state index contributed by atoms with van der Waals surface area (Å²) in [4.78, 5) is 22.3. The molecule has 5 nitrogen and oxygen atoms in total. The third-order valence-electron chi connectivity index (χ3n) is 2.22. The fourth-order valence-corrected chi connectivity index (χ4v) is 1.60. The van der Waals surface area contributed by atoms with E-state index in [4.69, 9.17) is 0 Å². The maximum absolute atomic E-state index is 11.3. The third kappa shape index (κ3) is 1.67. The molecule has 0 aliphatic carbocycles. The van der Waals surface area contributed by atoms with Crippen molar-refractivity contribution in [2.24, 2.45) is 0 Å². The third-order valence-corrected chi connectivity index (χ3v) is 2.22. The number of nitrogens with zero attached hydrogens (tertiary/aromatic N) is 2. The van der Waals surface area contributed by atoms with Crippen LogP contribution in [0.15, 0.2) is 24.4 Å². The minimum atomic E-state index is -0.157. The summed E-state index contributed by atoms with van der Waals surface area (Å²) in [6.45, 7) is 2.88. The van der Waals surface area contributed by atoms with Crippen LogP contribution in [0.4, 0.5) is 5.69 Å². The molecule has 1 amide bonds. The van der Waals surface area contributed by atoms with E-state index in [0.29, 0.717) is 11.2 Å². The van der Waals surface area contributed by atoms with Crippen LogP contribution in [0.5, 0.6) is 0 Å². The minimum absolute atomic E-state index is 0.150. The van der Waals surface area contributed by atoms with Crippen LogP contribution < -0.4 is 5.32 Å². The van der Waals surface area contributed by atoms with Crippen molar-refractivity contribution < 1.29 is 9.59 Å². The van der Waals surface area contributed by atoms with E-state index in [-0.39, 0.29) is 11.8 Å². The van der Waals surface area contributed by atoms with E-state index in [0.717, 1.165) is 5.39 Å². The van der Waals surface area contributed by atoms with Gasteiger partial charge in [0.2, 0.25) is 11.8 Å². The highest BCUT2D eigenvalue weighted by molar-refractivity contribution is 6.02. The van der Waals surface area contributed by atoms with Crippen LogP contribution in [0.3, 0.4) is 0 Å². The number of benzene rings is 1. The summed E-state index contributed by atoms with van der Waals surface area (Å²) in [5.74, 6) is -0.307. The molecule has 0 atom stereocenters. The molecule has 0 spiro atoms. The van der Waals surface area contributed by atoms with Gasteiger partial charge in [-0.1, -0.05) is 6.07 Å². The SMILES string of the molecule is CC(=O)Nc1cccc2c1cnn2C(C)=O. The summed E-state index contributed by atoms with van der Waals surface area (Å²) in [5.41, 5.74) is 1.36. The molecule has 5 heteroatoms. The molecule has 82 valence electrons. The van der Waals surface area contributed by atoms with Crippen molar-refractivity contribution in [2.75, 3.05) is 5.32 Å². The van der Waals surface area contributed by atoms with Crippen molar-refractivity contribution in [2.45, 2.75) is 13.8 Å². The second-order valence-electron chi connectivity index (χ2n) is 3.49. The molecule has 1 aromatic heterocycles. The number of rotatable bonds is 1. The summed E-state index contributed by atoms with van der Waals surface area (Å²) in [6.07, 6.45) is 1.57. The van der Waals surface area contributed by atoms with Crippen molar-refractivity contribution in [3.63, 3.8) is 0 Å². The van der Waals surface area contributed by atoms with Crippen LogP contribution in [0.2, 0.25) is 0 Å². The number of fused-ring (bicyclic) bond motifs is 1. The van der Waals surface area contributed by atoms with Gasteiger partial charge in [-0.05, 0) is 12.1 Å². The molecule has 2 aromatic rings. The van der Waals surface area contributed by atoms with E-state index < -0.39 is 0 Å². The van der Waals surface area contributed by atoms with Gasteiger partial charge in [-0.15, -0.1) is 0 Å². The Hall–Kier alpha value is -2.17. The monoisotopic (exact) mass is 217 g/mol. The van der Waals surface area contributed by atoms with Gasteiger partial charge >= 0.3 is 0 Å². The van der Waals surface area contributed by atoms with Crippen LogP contribution in [-0.2, 0) is 4.79 Å². The Morgan fingerprint density at radius 3 is 2.69 bits per heavy atom. The predicted molar refractivity (Wildman–Crippen MR) is 60.3 cm³/mol. The molecule has 0 aliphatic rings. The number of aromatic nitrogens is 2. The lowest BCUT2D eigenvalue weighted by molar-refractivity contribution is -0.114. The van der Waals surface area contributed by atoms with E-state index in [9.17, 15) is 9.59 Å². The zero-order valence-corrected chi connectivity index (χ0v) is 9.02. The average Bonchev–Trinajstić information content (AvgIpc) is 2.61. The smallest absolute Gasteiger partial charge is 0.244 e. The van der Waals surface area contributed by atoms with Crippen LogP contribution in [0.1, 0.15) is 18.6 Å². The van der Waals surface area contributed by atoms with Crippen molar-refractivity contribution in [1.29, 1.82) is 0 Å². The highest BCUT2D eigenvalue weighted by Gasteiger charge is 2.09. The number of amides is 1. The maximum Gasteiger partial charge on any atom is 0.244 e. The number of carbonyl (C=O) groups excluding carboxylic acids is 2. The fourth-order valence-electron chi connectivity index (χ4n) is 1.60. The largest absolute Gasteiger partial charge is 0.326 e. The Bertz CT molecular complexity index is 572. The van der Waals surface area contributed by atoms with Crippen LogP contribution in [-0.4, -0.2) is 21.6 Å². The summed E-state index contributed by atoms with van der Waals surface area (Å²) in [7, 11) is 0. The van der Waals surface area contributed by atoms with E-state index in [2.05, 4.69) is 10.4 Å². The number of nitrogens with one attached hydrogen (secondary N) is 1. The highest BCUT2D eigenvalue weighted by Crippen LogP contribution is 2.22. The standard InChI is InChI=1S/C11H11N3O2/c1-7(15)13-10-4-3-5-11-9(10)6-12-14(11)8(2)16/h3-6H,1-2H3,(H,13,15). The molecular weight excluding hydrogens is 206 g/mol. The lowest BCUT2D eigenvalue weighted by atomic mass is 10.2. The Balaban J connectivity index is 2.61. The lowest BCUT2D eigenvalue weighted by Crippen LogP contribution is -2.07. The highest BCUT2D eigenvalue weighted by atomic mass is 16.2. The van der Waals surface area contributed by atoms with Gasteiger partial charge in [0.05, 0.1) is 17.4 Å². The van der Waals surface area contributed by atoms with Crippen LogP contribution >= 0.6 is 0 Å². The minimum Gasteiger partial charge on any atom is -0.326 e. The number of hydrogen-bond acceptors (Lipinski definition) is 3. The Morgan fingerprint density at radius 1 is 1.31 bits per heavy atom. The van der Waals surface area contributed by atoms with Crippen LogP contribution in [0, 0.1) is 0 Å². The zero-order chi connectivity index (χ0) is 11.7. The van der Waals surface area contributed by atoms with Gasteiger partial charge in [-0.25, -0.2) is 4.68 Å². The van der Waals surface area contributed by atoms with Gasteiger partial charge in [-0.2, -0.15) is 5.10 Å². The first-order chi connectivity index (χ1) is 7.59. The summed E-state index contributed by atoms with van der Waals surface area (Å²) in [6, 6.07) is 5.33. The molecule has 0 saturated heterocycles. The normalized spacial score (nSPS) is 10.4. The number of hydrogen-bond donors (Lipinski definition) is 1. The van der Waals surface area contributed by atoms with Gasteiger partial charge in [0.1, 0.15) is 0 Å². The second-order valence-corrected chi connectivity index (χ2v) is 3.49. The molecular formula is C11H11N3O2. The van der Waals surface area contributed by atoms with Crippen molar-refractivity contribution >= 4 is 28.4 Å². The van der Waals surface area contributed by atoms with Gasteiger partial charge in [0.15, 0.2) is 0 Å². The summed E-state index contributed by atoms with van der Waals surface area (Å²) in [5, 5.41) is 7.43. The molecule has 0 saturated carbocycles. The predicted octanol–water partition coefficient (Wildman–Crippen LogP) is 1.65. The molecule has 1 aromatic carbocycles. The van der Waals surface area contributed by atoms with Crippen molar-refractivity contribution in [3.8, 4) is 0 Å². The van der Waals surface area contributed by atoms with Gasteiger partial charge in [0.25, 0.3) is 0 Å². The van der Waals surface area contributed by atoms with E-state index in [1.165, 1.54) is 18.5 Å². The summed E-state index contributed by atoms with van der Waals surface area (Å²) >= 11 is 0. The number of anilines is 1. The van der Waals surface area contributed by atoms with Crippen LogP contribution in [0.25, 0.3) is 10.9 Å². The molecule has 0 fully saturated rings. The first-order valence-electron chi connectivity index (χ1n) is 4.85. The van der Waals surface area contributed by atoms with Gasteiger partial charge in [-0.3, -0.25) is 9.59 Å². The first-order valence-corrected chi connectivity index (χ1v) is 4.85. The topological polar surface area (TPSA) is 64.0 Å². The quantitative estimate of drug-likeness (QED) is 0.790. The van der Waals surface area contributed by atoms with E-state index in [1.54, 1.807) is 24.4 Å². The van der Waals surface area contributed by atoms with Crippen molar-refractivity contribution in [3.05, 3.63) is 24.4 Å². The fraction of sp³-hybridized carbons (Fsp3) is 0.182. The van der Waals surface area contributed by atoms with Crippen molar-refractivity contribution in [1.82, 2.24) is 9.78 Å². The second kappa shape index (κ2) is 3.77. The molecule has 1 N–H and O–H groups in total. The van der Waals surface area contributed by atoms with Gasteiger partial charge < -0.3 is 5.32 Å². The Labute approximate surface area is 92.1 Å². The maximum atomic E-state index is 11.3. The Morgan fingerprint density at radius 2 is 2.06 bits per heavy atom. The first kappa shape index (κ1) is 10.4. The molecule has 2 rings (SSSR count). The average molecular weight is 217 g/mol. The zero-order valence-electron chi connectivity index (χ0n) is 9.02. The lowest BCUT2D eigenvalue weighted by Gasteiger charge is -2.03. The molecule has 1 heterocycles. The number of carbonyl (C=O) groups is 2. The molecule has 0 unspecified atom stereocenters. The van der Waals surface area contributed by atoms with Gasteiger partial charge in [0, 0.05) is 19.2 Å².